The van der Waals surface area contributed by atoms with Crippen molar-refractivity contribution in [3.63, 3.8) is 0 Å². The van der Waals surface area contributed by atoms with E-state index >= 15 is 0 Å². The van der Waals surface area contributed by atoms with Gasteiger partial charge in [0.15, 0.2) is 0 Å². The minimum Gasteiger partial charge on any atom is -0.396 e. The minimum absolute atomic E-state index is 0.268. The Morgan fingerprint density at radius 2 is 1.86 bits per heavy atom. The van der Waals surface area contributed by atoms with Crippen LogP contribution < -0.4 is 10.6 Å². The fourth-order valence-corrected chi connectivity index (χ4v) is 2.64. The molecule has 4 nitrogen and oxygen atoms in total. The molecule has 110 valence electrons. The summed E-state index contributed by atoms with van der Waals surface area (Å²) in [6, 6.07) is 11.0. The number of hydrogen-bond donors (Lipinski definition) is 1. The maximum absolute atomic E-state index is 13.5. The summed E-state index contributed by atoms with van der Waals surface area (Å²) < 4.78 is 13.5. The van der Waals surface area contributed by atoms with Crippen LogP contribution in [0.15, 0.2) is 42.6 Å². The van der Waals surface area contributed by atoms with Crippen LogP contribution in [-0.2, 0) is 6.54 Å². The predicted octanol–water partition coefficient (Wildman–Crippen LogP) is 2.13. The van der Waals surface area contributed by atoms with E-state index in [2.05, 4.69) is 14.8 Å². The summed E-state index contributed by atoms with van der Waals surface area (Å²) in [7, 11) is 0. The number of nitrogens with two attached hydrogens (primary N) is 1. The standard InChI is InChI=1S/C16H19FN4/c17-14-5-3-4-13(16(14)18)12-20-8-10-21(11-9-20)15-6-1-2-7-19-15/h1-7H,8-12,18H2. The van der Waals surface area contributed by atoms with Crippen LogP contribution in [0.25, 0.3) is 0 Å². The Morgan fingerprint density at radius 1 is 1.05 bits per heavy atom. The van der Waals surface area contributed by atoms with Crippen LogP contribution in [0.5, 0.6) is 0 Å². The van der Waals surface area contributed by atoms with E-state index in [9.17, 15) is 4.39 Å². The quantitative estimate of drug-likeness (QED) is 0.878. The first-order chi connectivity index (χ1) is 10.2. The number of aromatic nitrogens is 1. The van der Waals surface area contributed by atoms with Gasteiger partial charge in [0.1, 0.15) is 11.6 Å². The third-order valence-electron chi connectivity index (χ3n) is 3.88. The summed E-state index contributed by atoms with van der Waals surface area (Å²) in [5, 5.41) is 0. The molecule has 2 N–H and O–H groups in total. The van der Waals surface area contributed by atoms with Gasteiger partial charge in [-0.15, -0.1) is 0 Å². The van der Waals surface area contributed by atoms with Crippen molar-refractivity contribution in [2.24, 2.45) is 0 Å². The second-order valence-corrected chi connectivity index (χ2v) is 5.26. The van der Waals surface area contributed by atoms with Crippen LogP contribution in [0, 0.1) is 5.82 Å². The molecule has 1 saturated heterocycles. The van der Waals surface area contributed by atoms with E-state index in [0.717, 1.165) is 37.6 Å². The predicted molar refractivity (Wildman–Crippen MR) is 82.5 cm³/mol. The number of piperazine rings is 1. The molecule has 3 rings (SSSR count). The Kier molecular flexibility index (Phi) is 4.01. The molecule has 0 saturated carbocycles. The van der Waals surface area contributed by atoms with E-state index < -0.39 is 0 Å². The Labute approximate surface area is 124 Å². The lowest BCUT2D eigenvalue weighted by Gasteiger charge is -2.35. The molecule has 5 heteroatoms. The molecule has 1 fully saturated rings. The third kappa shape index (κ3) is 3.13. The first kappa shape index (κ1) is 13.8. The summed E-state index contributed by atoms with van der Waals surface area (Å²) >= 11 is 0. The Bertz CT molecular complexity index is 594. The number of nitrogen functional groups attached to an aromatic ring is 1. The molecule has 0 atom stereocenters. The number of nitrogens with zero attached hydrogens (tertiary/aromatic N) is 3. The zero-order valence-corrected chi connectivity index (χ0v) is 11.9. The minimum atomic E-state index is -0.334. The van der Waals surface area contributed by atoms with E-state index in [0.29, 0.717) is 6.54 Å². The summed E-state index contributed by atoms with van der Waals surface area (Å²) in [5.41, 5.74) is 6.93. The second-order valence-electron chi connectivity index (χ2n) is 5.26. The molecule has 2 aromatic rings. The lowest BCUT2D eigenvalue weighted by Crippen LogP contribution is -2.46. The van der Waals surface area contributed by atoms with E-state index in [1.165, 1.54) is 6.07 Å². The molecule has 0 radical (unpaired) electrons. The van der Waals surface area contributed by atoms with Gasteiger partial charge in [0.2, 0.25) is 0 Å². The molecule has 0 aliphatic carbocycles. The first-order valence-corrected chi connectivity index (χ1v) is 7.15. The summed E-state index contributed by atoms with van der Waals surface area (Å²) in [4.78, 5) is 8.94. The van der Waals surface area contributed by atoms with Gasteiger partial charge in [0.25, 0.3) is 0 Å². The van der Waals surface area contributed by atoms with Crippen LogP contribution >= 0.6 is 0 Å². The third-order valence-corrected chi connectivity index (χ3v) is 3.88. The van der Waals surface area contributed by atoms with Crippen molar-refractivity contribution in [2.45, 2.75) is 6.54 Å². The fraction of sp³-hybridized carbons (Fsp3) is 0.312. The molecular formula is C16H19FN4. The molecule has 1 aromatic carbocycles. The van der Waals surface area contributed by atoms with Crippen LogP contribution in [0.4, 0.5) is 15.9 Å². The SMILES string of the molecule is Nc1c(F)cccc1CN1CCN(c2ccccn2)CC1. The molecule has 0 unspecified atom stereocenters. The van der Waals surface area contributed by atoms with Gasteiger partial charge < -0.3 is 10.6 Å². The molecule has 0 amide bonds. The molecule has 0 spiro atoms. The fourth-order valence-electron chi connectivity index (χ4n) is 2.64. The number of halogens is 1. The van der Waals surface area contributed by atoms with E-state index in [4.69, 9.17) is 5.73 Å². The Balaban J connectivity index is 1.60. The van der Waals surface area contributed by atoms with Crippen molar-refractivity contribution in [2.75, 3.05) is 36.8 Å². The van der Waals surface area contributed by atoms with Crippen molar-refractivity contribution in [3.05, 3.63) is 54.0 Å². The van der Waals surface area contributed by atoms with Crippen molar-refractivity contribution in [1.82, 2.24) is 9.88 Å². The van der Waals surface area contributed by atoms with Gasteiger partial charge >= 0.3 is 0 Å². The van der Waals surface area contributed by atoms with Crippen LogP contribution in [0.1, 0.15) is 5.56 Å². The van der Waals surface area contributed by atoms with Crippen molar-refractivity contribution >= 4 is 11.5 Å². The highest BCUT2D eigenvalue weighted by molar-refractivity contribution is 5.48. The van der Waals surface area contributed by atoms with Gasteiger partial charge in [-0.25, -0.2) is 9.37 Å². The van der Waals surface area contributed by atoms with Crippen LogP contribution in [-0.4, -0.2) is 36.1 Å². The number of benzene rings is 1. The molecule has 1 aromatic heterocycles. The molecular weight excluding hydrogens is 267 g/mol. The van der Waals surface area contributed by atoms with E-state index in [1.54, 1.807) is 6.07 Å². The van der Waals surface area contributed by atoms with Gasteiger partial charge in [-0.2, -0.15) is 0 Å². The van der Waals surface area contributed by atoms with E-state index in [1.807, 2.05) is 30.5 Å². The second kappa shape index (κ2) is 6.10. The topological polar surface area (TPSA) is 45.4 Å². The average Bonchev–Trinajstić information content (AvgIpc) is 2.53. The summed E-state index contributed by atoms with van der Waals surface area (Å²) in [6.07, 6.45) is 1.81. The van der Waals surface area contributed by atoms with Crippen molar-refractivity contribution < 1.29 is 4.39 Å². The Hall–Kier alpha value is -2.14. The highest BCUT2D eigenvalue weighted by atomic mass is 19.1. The Morgan fingerprint density at radius 3 is 2.57 bits per heavy atom. The van der Waals surface area contributed by atoms with Gasteiger partial charge in [0.05, 0.1) is 5.69 Å². The average molecular weight is 286 g/mol. The number of para-hydroxylation sites is 1. The molecule has 0 bridgehead atoms. The van der Waals surface area contributed by atoms with Gasteiger partial charge in [-0.1, -0.05) is 18.2 Å². The zero-order valence-electron chi connectivity index (χ0n) is 11.9. The molecule has 21 heavy (non-hydrogen) atoms. The van der Waals surface area contributed by atoms with Crippen LogP contribution in [0.2, 0.25) is 0 Å². The molecule has 2 heterocycles. The highest BCUT2D eigenvalue weighted by Gasteiger charge is 2.18. The normalized spacial score (nSPS) is 16.1. The lowest BCUT2D eigenvalue weighted by atomic mass is 10.1. The zero-order chi connectivity index (χ0) is 14.7. The van der Waals surface area contributed by atoms with Gasteiger partial charge in [-0.3, -0.25) is 4.90 Å². The summed E-state index contributed by atoms with van der Waals surface area (Å²) in [5.74, 6) is 0.682. The monoisotopic (exact) mass is 286 g/mol. The number of rotatable bonds is 3. The van der Waals surface area contributed by atoms with Crippen molar-refractivity contribution in [1.29, 1.82) is 0 Å². The highest BCUT2D eigenvalue weighted by Crippen LogP contribution is 2.19. The number of anilines is 2. The largest absolute Gasteiger partial charge is 0.396 e. The van der Waals surface area contributed by atoms with Gasteiger partial charge in [-0.05, 0) is 23.8 Å². The number of pyridine rings is 1. The van der Waals surface area contributed by atoms with Crippen molar-refractivity contribution in [3.8, 4) is 0 Å². The summed E-state index contributed by atoms with van der Waals surface area (Å²) in [6.45, 7) is 4.39. The maximum Gasteiger partial charge on any atom is 0.146 e. The van der Waals surface area contributed by atoms with Crippen LogP contribution in [0.3, 0.4) is 0 Å². The first-order valence-electron chi connectivity index (χ1n) is 7.15. The smallest absolute Gasteiger partial charge is 0.146 e. The van der Waals surface area contributed by atoms with Gasteiger partial charge in [0, 0.05) is 38.9 Å². The number of hydrogen-bond acceptors (Lipinski definition) is 4. The lowest BCUT2D eigenvalue weighted by molar-refractivity contribution is 0.249. The van der Waals surface area contributed by atoms with E-state index in [-0.39, 0.29) is 11.5 Å². The molecule has 1 aliphatic heterocycles. The maximum atomic E-state index is 13.5. The molecule has 1 aliphatic rings.